The maximum Gasteiger partial charge on any atom is 0.436 e. The number of carbonyl (C=O) groups is 2. The third-order valence-electron chi connectivity index (χ3n) is 7.25. The van der Waals surface area contributed by atoms with Crippen LogP contribution < -0.4 is 20.9 Å². The van der Waals surface area contributed by atoms with E-state index in [1.54, 1.807) is 12.1 Å². The number of alkyl halides is 3. The van der Waals surface area contributed by atoms with Crippen LogP contribution in [-0.4, -0.2) is 50.0 Å². The van der Waals surface area contributed by atoms with E-state index >= 15 is 0 Å². The second-order valence-electron chi connectivity index (χ2n) is 10.6. The summed E-state index contributed by atoms with van der Waals surface area (Å²) in [6, 6.07) is 16.6. The fourth-order valence-corrected chi connectivity index (χ4v) is 5.06. The van der Waals surface area contributed by atoms with Crippen molar-refractivity contribution in [1.82, 2.24) is 29.9 Å². The van der Waals surface area contributed by atoms with Crippen molar-refractivity contribution in [2.24, 2.45) is 0 Å². The van der Waals surface area contributed by atoms with Gasteiger partial charge in [-0.15, -0.1) is 5.10 Å². The Morgan fingerprint density at radius 2 is 1.79 bits per heavy atom. The highest BCUT2D eigenvalue weighted by Gasteiger charge is 2.35. The molecule has 0 spiro atoms. The molecule has 0 aliphatic rings. The minimum atomic E-state index is -4.72. The Morgan fingerprint density at radius 3 is 2.44 bits per heavy atom. The van der Waals surface area contributed by atoms with Gasteiger partial charge in [0.15, 0.2) is 5.69 Å². The van der Waals surface area contributed by atoms with E-state index < -0.39 is 29.4 Å². The lowest BCUT2D eigenvalue weighted by Gasteiger charge is -2.22. The van der Waals surface area contributed by atoms with Gasteiger partial charge in [0.1, 0.15) is 17.5 Å². The molecule has 2 aromatic carbocycles. The van der Waals surface area contributed by atoms with Gasteiger partial charge in [-0.1, -0.05) is 54.1 Å². The van der Waals surface area contributed by atoms with Crippen molar-refractivity contribution in [3.05, 3.63) is 118 Å². The van der Waals surface area contributed by atoms with Gasteiger partial charge in [-0.05, 0) is 42.3 Å². The molecule has 1 unspecified atom stereocenters. The maximum atomic E-state index is 13.8. The van der Waals surface area contributed by atoms with Crippen molar-refractivity contribution in [2.45, 2.75) is 32.0 Å². The van der Waals surface area contributed by atoms with Gasteiger partial charge in [0, 0.05) is 35.2 Å². The lowest BCUT2D eigenvalue weighted by Crippen LogP contribution is -2.34. The van der Waals surface area contributed by atoms with Gasteiger partial charge < -0.3 is 15.4 Å². The number of carbonyl (C=O) groups excluding carboxylic acids is 2. The quantitative estimate of drug-likeness (QED) is 0.182. The molecule has 0 aliphatic heterocycles. The number of hydrogen-bond donors (Lipinski definition) is 2. The minimum Gasteiger partial charge on any atom is -0.495 e. The number of benzene rings is 2. The number of nitrogens with zero attached hydrogens (tertiary/aromatic N) is 5. The third-order valence-corrected chi connectivity index (χ3v) is 7.49. The van der Waals surface area contributed by atoms with E-state index in [4.69, 9.17) is 16.3 Å². The van der Waals surface area contributed by atoms with Gasteiger partial charge in [0.05, 0.1) is 37.1 Å². The molecule has 0 radical (unpaired) electrons. The zero-order chi connectivity index (χ0) is 34.4. The van der Waals surface area contributed by atoms with Gasteiger partial charge in [0.25, 0.3) is 11.5 Å². The van der Waals surface area contributed by atoms with Crippen LogP contribution in [0.1, 0.15) is 41.1 Å². The van der Waals surface area contributed by atoms with Crippen molar-refractivity contribution in [2.75, 3.05) is 19.0 Å². The Morgan fingerprint density at radius 1 is 1.02 bits per heavy atom. The van der Waals surface area contributed by atoms with Crippen LogP contribution in [0.4, 0.5) is 18.9 Å². The largest absolute Gasteiger partial charge is 0.495 e. The average molecular weight is 680 g/mol. The molecule has 248 valence electrons. The summed E-state index contributed by atoms with van der Waals surface area (Å²) in [5.41, 5.74) is 0.0126. The van der Waals surface area contributed by atoms with Crippen LogP contribution in [0.2, 0.25) is 5.02 Å². The van der Waals surface area contributed by atoms with E-state index in [0.29, 0.717) is 12.2 Å². The molecule has 1 atom stereocenters. The van der Waals surface area contributed by atoms with Gasteiger partial charge in [-0.2, -0.15) is 13.2 Å². The van der Waals surface area contributed by atoms with Crippen molar-refractivity contribution >= 4 is 29.1 Å². The first-order valence-electron chi connectivity index (χ1n) is 14.7. The number of pyridine rings is 2. The zero-order valence-electron chi connectivity index (χ0n) is 25.7. The number of anilines is 1. The molecular formula is C33H29ClF3N7O4. The predicted molar refractivity (Wildman–Crippen MR) is 172 cm³/mol. The molecule has 15 heteroatoms. The molecule has 0 fully saturated rings. The van der Waals surface area contributed by atoms with E-state index in [0.717, 1.165) is 22.9 Å². The molecule has 11 nitrogen and oxygen atoms in total. The van der Waals surface area contributed by atoms with Crippen LogP contribution in [0.15, 0.2) is 90.1 Å². The van der Waals surface area contributed by atoms with Crippen molar-refractivity contribution in [3.63, 3.8) is 0 Å². The Kier molecular flexibility index (Phi) is 10.2. The monoisotopic (exact) mass is 679 g/mol. The van der Waals surface area contributed by atoms with Crippen LogP contribution in [0, 0.1) is 0 Å². The van der Waals surface area contributed by atoms with Crippen molar-refractivity contribution in [3.8, 4) is 22.6 Å². The Hall–Kier alpha value is -5.50. The molecule has 0 saturated heterocycles. The molecule has 3 aromatic heterocycles. The first-order valence-corrected chi connectivity index (χ1v) is 15.0. The number of rotatable bonds is 11. The summed E-state index contributed by atoms with van der Waals surface area (Å²) in [5, 5.41) is 12.6. The second-order valence-corrected chi connectivity index (χ2v) is 11.0. The molecule has 0 bridgehead atoms. The zero-order valence-corrected chi connectivity index (χ0v) is 26.4. The minimum absolute atomic E-state index is 0.113. The highest BCUT2D eigenvalue weighted by atomic mass is 35.5. The maximum absolute atomic E-state index is 13.8. The van der Waals surface area contributed by atoms with Crippen LogP contribution >= 0.6 is 11.6 Å². The summed E-state index contributed by atoms with van der Waals surface area (Å²) in [6.45, 7) is 2.42. The number of halogens is 4. The molecule has 2 N–H and O–H groups in total. The number of methoxy groups -OCH3 is 1. The van der Waals surface area contributed by atoms with Gasteiger partial charge in [-0.25, -0.2) is 9.67 Å². The standard InChI is InChI=1S/C33H29ClF3N7O4/c1-3-13-38-31(46)25-11-10-22(17-39-25)40-32(47)27(14-20-7-5-4-6-8-20)43-18-28(48-2)24(16-30(43)45)23-15-21(34)9-12-26(23)44-19-29(41-42-44)33(35,36)37/h4-12,15-19,27H,3,13-14H2,1-2H3,(H,38,46)(H,40,47). The highest BCUT2D eigenvalue weighted by molar-refractivity contribution is 6.31. The van der Waals surface area contributed by atoms with E-state index in [2.05, 4.69) is 25.9 Å². The second kappa shape index (κ2) is 14.5. The number of ether oxygens (including phenoxy) is 1. The van der Waals surface area contributed by atoms with E-state index in [-0.39, 0.29) is 45.6 Å². The normalized spacial score (nSPS) is 12.0. The fraction of sp³-hybridized carbons (Fsp3) is 0.212. The van der Waals surface area contributed by atoms with Crippen LogP contribution in [0.25, 0.3) is 16.8 Å². The van der Waals surface area contributed by atoms with Crippen LogP contribution in [0.3, 0.4) is 0 Å². The molecule has 48 heavy (non-hydrogen) atoms. The number of amides is 2. The summed E-state index contributed by atoms with van der Waals surface area (Å²) in [7, 11) is 1.35. The predicted octanol–water partition coefficient (Wildman–Crippen LogP) is 5.73. The third kappa shape index (κ3) is 7.72. The van der Waals surface area contributed by atoms with Gasteiger partial charge in [0.2, 0.25) is 5.91 Å². The number of nitrogens with one attached hydrogen (secondary N) is 2. The molecule has 0 aliphatic carbocycles. The summed E-state index contributed by atoms with van der Waals surface area (Å²) < 4.78 is 47.7. The Balaban J connectivity index is 1.53. The van der Waals surface area contributed by atoms with Gasteiger partial charge in [-0.3, -0.25) is 19.0 Å². The van der Waals surface area contributed by atoms with E-state index in [1.165, 1.54) is 60.5 Å². The lowest BCUT2D eigenvalue weighted by molar-refractivity contribution is -0.141. The summed E-state index contributed by atoms with van der Waals surface area (Å²) in [4.78, 5) is 44.0. The smallest absolute Gasteiger partial charge is 0.436 e. The number of aromatic nitrogens is 5. The van der Waals surface area contributed by atoms with E-state index in [1.807, 2.05) is 25.1 Å². The van der Waals surface area contributed by atoms with Crippen molar-refractivity contribution in [1.29, 1.82) is 0 Å². The molecule has 0 saturated carbocycles. The average Bonchev–Trinajstić information content (AvgIpc) is 3.58. The fourth-order valence-electron chi connectivity index (χ4n) is 4.89. The Bertz CT molecular complexity index is 1980. The topological polar surface area (TPSA) is 133 Å². The first kappa shape index (κ1) is 33.9. The van der Waals surface area contributed by atoms with Crippen molar-refractivity contribution < 1.29 is 27.5 Å². The summed E-state index contributed by atoms with van der Waals surface area (Å²) in [6.07, 6.45) is -0.421. The van der Waals surface area contributed by atoms with Crippen LogP contribution in [-0.2, 0) is 17.4 Å². The Labute approximate surface area is 277 Å². The number of hydrogen-bond acceptors (Lipinski definition) is 7. The SMILES string of the molecule is CCCNC(=O)c1ccc(NC(=O)C(Cc2ccccc2)n2cc(OC)c(-c3cc(Cl)ccc3-n3cc(C(F)(F)F)nn3)cc2=O)cn1. The van der Waals surface area contributed by atoms with E-state index in [9.17, 15) is 27.6 Å². The van der Waals surface area contributed by atoms with Gasteiger partial charge >= 0.3 is 6.18 Å². The molecule has 5 rings (SSSR count). The summed E-state index contributed by atoms with van der Waals surface area (Å²) >= 11 is 6.28. The first-order chi connectivity index (χ1) is 23.0. The highest BCUT2D eigenvalue weighted by Crippen LogP contribution is 2.36. The molecule has 5 aromatic rings. The molecule has 3 heterocycles. The molecule has 2 amide bonds. The summed E-state index contributed by atoms with van der Waals surface area (Å²) in [5.74, 6) is -0.765. The molecular weight excluding hydrogens is 651 g/mol. The lowest BCUT2D eigenvalue weighted by atomic mass is 10.0. The van der Waals surface area contributed by atoms with Crippen LogP contribution in [0.5, 0.6) is 5.75 Å².